The Balaban J connectivity index is 2.23. The second-order valence-corrected chi connectivity index (χ2v) is 4.17. The minimum atomic E-state index is 0.920. The maximum atomic E-state index is 4.33. The summed E-state index contributed by atoms with van der Waals surface area (Å²) in [5.41, 5.74) is 4.77. The Labute approximate surface area is 103 Å². The molecule has 2 heteroatoms. The molecule has 0 aliphatic carbocycles. The van der Waals surface area contributed by atoms with Crippen LogP contribution in [0.15, 0.2) is 42.6 Å². The number of benzene rings is 1. The lowest BCUT2D eigenvalue weighted by Gasteiger charge is -2.06. The summed E-state index contributed by atoms with van der Waals surface area (Å²) < 4.78 is 0. The molecule has 1 heterocycles. The lowest BCUT2D eigenvalue weighted by Crippen LogP contribution is -2.11. The van der Waals surface area contributed by atoms with Gasteiger partial charge in [-0.1, -0.05) is 31.2 Å². The van der Waals surface area contributed by atoms with Crippen molar-refractivity contribution in [3.63, 3.8) is 0 Å². The average Bonchev–Trinajstić information content (AvgIpc) is 2.37. The third kappa shape index (κ3) is 3.14. The van der Waals surface area contributed by atoms with Crippen molar-refractivity contribution in [1.82, 2.24) is 10.3 Å². The van der Waals surface area contributed by atoms with Crippen LogP contribution in [0, 0.1) is 6.92 Å². The van der Waals surface area contributed by atoms with Crippen LogP contribution in [0.2, 0.25) is 0 Å². The van der Waals surface area contributed by atoms with Crippen LogP contribution in [0.25, 0.3) is 11.1 Å². The highest BCUT2D eigenvalue weighted by atomic mass is 14.8. The number of pyridine rings is 1. The first-order valence-electron chi connectivity index (χ1n) is 6.02. The molecule has 1 aromatic carbocycles. The molecule has 17 heavy (non-hydrogen) atoms. The second kappa shape index (κ2) is 5.60. The molecule has 0 spiro atoms. The van der Waals surface area contributed by atoms with Crippen molar-refractivity contribution in [2.75, 3.05) is 6.54 Å². The Morgan fingerprint density at radius 3 is 2.71 bits per heavy atom. The molecule has 0 radical (unpaired) electrons. The average molecular weight is 226 g/mol. The minimum absolute atomic E-state index is 0.920. The fourth-order valence-electron chi connectivity index (χ4n) is 1.77. The van der Waals surface area contributed by atoms with Crippen LogP contribution in [-0.2, 0) is 6.54 Å². The van der Waals surface area contributed by atoms with Gasteiger partial charge in [-0.3, -0.25) is 4.98 Å². The summed E-state index contributed by atoms with van der Waals surface area (Å²) in [7, 11) is 0. The van der Waals surface area contributed by atoms with Crippen molar-refractivity contribution >= 4 is 0 Å². The highest BCUT2D eigenvalue weighted by Gasteiger charge is 1.99. The van der Waals surface area contributed by atoms with Crippen molar-refractivity contribution in [2.45, 2.75) is 20.4 Å². The van der Waals surface area contributed by atoms with E-state index in [2.05, 4.69) is 47.6 Å². The monoisotopic (exact) mass is 226 g/mol. The topological polar surface area (TPSA) is 24.9 Å². The molecule has 0 saturated heterocycles. The molecule has 0 fully saturated rings. The quantitative estimate of drug-likeness (QED) is 0.866. The summed E-state index contributed by atoms with van der Waals surface area (Å²) in [6, 6.07) is 12.8. The van der Waals surface area contributed by atoms with Crippen molar-refractivity contribution in [3.8, 4) is 11.1 Å². The molecular weight excluding hydrogens is 208 g/mol. The molecule has 2 aromatic rings. The van der Waals surface area contributed by atoms with E-state index in [0.717, 1.165) is 18.8 Å². The molecule has 2 rings (SSSR count). The molecular formula is C15H18N2. The van der Waals surface area contributed by atoms with Gasteiger partial charge < -0.3 is 5.32 Å². The zero-order chi connectivity index (χ0) is 12.1. The lowest BCUT2D eigenvalue weighted by molar-refractivity contribution is 0.727. The molecule has 1 N–H and O–H groups in total. The van der Waals surface area contributed by atoms with Gasteiger partial charge in [-0.05, 0) is 36.7 Å². The Morgan fingerprint density at radius 2 is 2.00 bits per heavy atom. The summed E-state index contributed by atoms with van der Waals surface area (Å²) in [4.78, 5) is 4.33. The maximum absolute atomic E-state index is 4.33. The number of nitrogens with one attached hydrogen (secondary N) is 1. The Kier molecular flexibility index (Phi) is 3.89. The number of hydrogen-bond acceptors (Lipinski definition) is 2. The molecule has 0 aliphatic rings. The van der Waals surface area contributed by atoms with Crippen molar-refractivity contribution in [2.24, 2.45) is 0 Å². The molecule has 0 bridgehead atoms. The van der Waals surface area contributed by atoms with E-state index >= 15 is 0 Å². The fourth-order valence-corrected chi connectivity index (χ4v) is 1.77. The second-order valence-electron chi connectivity index (χ2n) is 4.17. The van der Waals surface area contributed by atoms with E-state index in [-0.39, 0.29) is 0 Å². The molecule has 0 atom stereocenters. The van der Waals surface area contributed by atoms with E-state index in [4.69, 9.17) is 0 Å². The molecule has 1 aromatic heterocycles. The Morgan fingerprint density at radius 1 is 1.12 bits per heavy atom. The van der Waals surface area contributed by atoms with Gasteiger partial charge >= 0.3 is 0 Å². The molecule has 0 unspecified atom stereocenters. The highest BCUT2D eigenvalue weighted by molar-refractivity contribution is 5.63. The van der Waals surface area contributed by atoms with Crippen LogP contribution in [0.1, 0.15) is 18.2 Å². The fraction of sp³-hybridized carbons (Fsp3) is 0.267. The molecule has 0 aliphatic heterocycles. The van der Waals surface area contributed by atoms with Gasteiger partial charge in [-0.15, -0.1) is 0 Å². The first-order valence-corrected chi connectivity index (χ1v) is 6.02. The van der Waals surface area contributed by atoms with Crippen molar-refractivity contribution < 1.29 is 0 Å². The van der Waals surface area contributed by atoms with Gasteiger partial charge in [0.1, 0.15) is 0 Å². The predicted molar refractivity (Wildman–Crippen MR) is 71.8 cm³/mol. The van der Waals surface area contributed by atoms with Crippen molar-refractivity contribution in [3.05, 3.63) is 53.9 Å². The summed E-state index contributed by atoms with van der Waals surface area (Å²) >= 11 is 0. The smallest absolute Gasteiger partial charge is 0.0373 e. The molecule has 0 amide bonds. The lowest BCUT2D eigenvalue weighted by atomic mass is 10.0. The zero-order valence-electron chi connectivity index (χ0n) is 10.4. The van der Waals surface area contributed by atoms with Crippen LogP contribution in [0.4, 0.5) is 0 Å². The van der Waals surface area contributed by atoms with Crippen LogP contribution in [0.3, 0.4) is 0 Å². The standard InChI is InChI=1S/C15H18N2/c1-3-16-10-13-5-4-6-14(9-13)15-8-7-12(2)17-11-15/h4-9,11,16H,3,10H2,1-2H3. The zero-order valence-corrected chi connectivity index (χ0v) is 10.4. The van der Waals surface area contributed by atoms with Gasteiger partial charge in [-0.25, -0.2) is 0 Å². The van der Waals surface area contributed by atoms with Gasteiger partial charge in [0.15, 0.2) is 0 Å². The van der Waals surface area contributed by atoms with E-state index in [0.29, 0.717) is 0 Å². The van der Waals surface area contributed by atoms with Gasteiger partial charge in [0.25, 0.3) is 0 Å². The van der Waals surface area contributed by atoms with E-state index in [1.165, 1.54) is 16.7 Å². The Bertz CT molecular complexity index is 475. The highest BCUT2D eigenvalue weighted by Crippen LogP contribution is 2.19. The van der Waals surface area contributed by atoms with E-state index in [1.807, 2.05) is 19.2 Å². The van der Waals surface area contributed by atoms with Gasteiger partial charge in [0.2, 0.25) is 0 Å². The number of nitrogens with zero attached hydrogens (tertiary/aromatic N) is 1. The largest absolute Gasteiger partial charge is 0.313 e. The van der Waals surface area contributed by atoms with Gasteiger partial charge in [-0.2, -0.15) is 0 Å². The van der Waals surface area contributed by atoms with E-state index < -0.39 is 0 Å². The number of aryl methyl sites for hydroxylation is 1. The number of rotatable bonds is 4. The summed E-state index contributed by atoms with van der Waals surface area (Å²) in [5, 5.41) is 3.34. The van der Waals surface area contributed by atoms with Crippen LogP contribution in [-0.4, -0.2) is 11.5 Å². The van der Waals surface area contributed by atoms with Crippen LogP contribution >= 0.6 is 0 Å². The Hall–Kier alpha value is -1.67. The van der Waals surface area contributed by atoms with Gasteiger partial charge in [0.05, 0.1) is 0 Å². The van der Waals surface area contributed by atoms with Crippen molar-refractivity contribution in [1.29, 1.82) is 0 Å². The third-order valence-corrected chi connectivity index (χ3v) is 2.75. The number of aromatic nitrogens is 1. The molecule has 2 nitrogen and oxygen atoms in total. The predicted octanol–water partition coefficient (Wildman–Crippen LogP) is 3.17. The number of hydrogen-bond donors (Lipinski definition) is 1. The molecule has 0 saturated carbocycles. The first kappa shape index (κ1) is 11.8. The minimum Gasteiger partial charge on any atom is -0.313 e. The molecule has 88 valence electrons. The maximum Gasteiger partial charge on any atom is 0.0373 e. The van der Waals surface area contributed by atoms with Crippen LogP contribution in [0.5, 0.6) is 0 Å². The summed E-state index contributed by atoms with van der Waals surface area (Å²) in [5.74, 6) is 0. The van der Waals surface area contributed by atoms with E-state index in [1.54, 1.807) is 0 Å². The van der Waals surface area contributed by atoms with Gasteiger partial charge in [0, 0.05) is 24.0 Å². The first-order chi connectivity index (χ1) is 8.29. The third-order valence-electron chi connectivity index (χ3n) is 2.75. The SMILES string of the molecule is CCNCc1cccc(-c2ccc(C)nc2)c1. The summed E-state index contributed by atoms with van der Waals surface area (Å²) in [6.07, 6.45) is 1.93. The van der Waals surface area contributed by atoms with Crippen LogP contribution < -0.4 is 5.32 Å². The summed E-state index contributed by atoms with van der Waals surface area (Å²) in [6.45, 7) is 6.04. The van der Waals surface area contributed by atoms with E-state index in [9.17, 15) is 0 Å². The normalized spacial score (nSPS) is 10.5.